The summed E-state index contributed by atoms with van der Waals surface area (Å²) in [6.07, 6.45) is 0. The minimum absolute atomic E-state index is 0.158. The van der Waals surface area contributed by atoms with Crippen LogP contribution in [-0.2, 0) is 0 Å². The molecule has 0 saturated carbocycles. The molecule has 0 radical (unpaired) electrons. The van der Waals surface area contributed by atoms with Crippen molar-refractivity contribution in [2.75, 3.05) is 6.61 Å². The average Bonchev–Trinajstić information content (AvgIpc) is 3.75. The number of ether oxygens (including phenoxy) is 1. The molecule has 14 heteroatoms. The van der Waals surface area contributed by atoms with Gasteiger partial charge in [0.2, 0.25) is 0 Å². The van der Waals surface area contributed by atoms with Gasteiger partial charge in [0.15, 0.2) is 0 Å². The molecule has 286 valence electrons. The number of benzene rings is 6. The Labute approximate surface area is 321 Å². The number of aromatic hydroxyl groups is 2. The van der Waals surface area contributed by atoms with Gasteiger partial charge in [0, 0.05) is 0 Å². The van der Waals surface area contributed by atoms with Crippen molar-refractivity contribution in [1.29, 1.82) is 0 Å². The Kier molecular flexibility index (Phi) is 10.7. The molecule has 8 rings (SSSR count). The molecule has 2 aliphatic rings. The molecule has 6 aromatic rings. The second-order valence-corrected chi connectivity index (χ2v) is 22.4. The molecule has 0 aliphatic carbocycles. The van der Waals surface area contributed by atoms with Gasteiger partial charge in [-0.15, -0.1) is 0 Å². The molecule has 2 saturated heterocycles. The summed E-state index contributed by atoms with van der Waals surface area (Å²) in [5.41, 5.74) is -0.158. The van der Waals surface area contributed by atoms with Gasteiger partial charge < -0.3 is 0 Å². The summed E-state index contributed by atoms with van der Waals surface area (Å²) < 4.78 is 41.9. The second kappa shape index (κ2) is 15.9. The SMILES string of the molecule is CC1N[PH]2(Oc3ccccc3)C(COc3ccccc3)C2N[PH](Oc2ccccc2)(Oc2ccccc2)N[PH]1(Oc1ccccc1)Oc1cc(O)cc(O)c1. The van der Waals surface area contributed by atoms with E-state index in [1.807, 2.05) is 159 Å². The van der Waals surface area contributed by atoms with Crippen LogP contribution in [0.2, 0.25) is 0 Å². The third kappa shape index (κ3) is 8.43. The minimum atomic E-state index is -4.06. The fourth-order valence-electron chi connectivity index (χ4n) is 6.78. The van der Waals surface area contributed by atoms with Crippen LogP contribution in [0.25, 0.3) is 0 Å². The predicted octanol–water partition coefficient (Wildman–Crippen LogP) is 9.19. The molecule has 6 aromatic carbocycles. The maximum atomic E-state index is 10.6. The van der Waals surface area contributed by atoms with Crippen molar-refractivity contribution in [3.05, 3.63) is 170 Å². The third-order valence-electron chi connectivity index (χ3n) is 9.37. The van der Waals surface area contributed by atoms with Gasteiger partial charge in [0.05, 0.1) is 0 Å². The standard InChI is InChI=1S/C41H44N3O8P3/c1-31-42-53(48-35-19-9-3-10-20-35)40(30-47-34-17-7-2-8-18-34)41(53)43-55(51-37-23-13-5-14-24-37,52-38-25-15-6-16-26-38)44-54(31,49-36-21-11-4-12-22-36)50-39-28-32(45)27-33(46)29-39/h2-29,31,40-46,53-55H,30H2,1H3. The maximum absolute atomic E-state index is 10.6. The van der Waals surface area contributed by atoms with E-state index >= 15 is 0 Å². The zero-order chi connectivity index (χ0) is 37.7. The van der Waals surface area contributed by atoms with Gasteiger partial charge in [0.25, 0.3) is 0 Å². The van der Waals surface area contributed by atoms with Crippen LogP contribution in [0.5, 0.6) is 46.0 Å². The van der Waals surface area contributed by atoms with Crippen LogP contribution in [0, 0.1) is 0 Å². The summed E-state index contributed by atoms with van der Waals surface area (Å²) in [5, 5.41) is 29.0. The van der Waals surface area contributed by atoms with Crippen molar-refractivity contribution < 1.29 is 37.6 Å². The van der Waals surface area contributed by atoms with Crippen LogP contribution < -0.4 is 42.4 Å². The topological polar surface area (TPSA) is 132 Å². The molecule has 3 atom stereocenters. The van der Waals surface area contributed by atoms with E-state index in [1.165, 1.54) is 18.2 Å². The fraction of sp³-hybridized carbons (Fsp3) is 0.122. The molecule has 5 N–H and O–H groups in total. The number of nitrogens with one attached hydrogen (secondary N) is 3. The predicted molar refractivity (Wildman–Crippen MR) is 222 cm³/mol. The average molecular weight is 800 g/mol. The van der Waals surface area contributed by atoms with Crippen molar-refractivity contribution in [2.45, 2.75) is 24.1 Å². The van der Waals surface area contributed by atoms with E-state index in [4.69, 9.17) is 27.4 Å². The van der Waals surface area contributed by atoms with Crippen molar-refractivity contribution in [3.63, 3.8) is 0 Å². The van der Waals surface area contributed by atoms with E-state index < -0.39 is 29.3 Å². The van der Waals surface area contributed by atoms with E-state index in [9.17, 15) is 10.2 Å². The Morgan fingerprint density at radius 1 is 0.491 bits per heavy atom. The first-order valence-corrected chi connectivity index (χ1v) is 23.8. The molecule has 3 unspecified atom stereocenters. The van der Waals surface area contributed by atoms with Crippen molar-refractivity contribution in [3.8, 4) is 46.0 Å². The van der Waals surface area contributed by atoms with E-state index in [-0.39, 0.29) is 28.7 Å². The summed E-state index contributed by atoms with van der Waals surface area (Å²) in [6.45, 7) is 2.32. The van der Waals surface area contributed by atoms with Crippen molar-refractivity contribution in [1.82, 2.24) is 15.0 Å². The number of para-hydroxylation sites is 5. The molecular weight excluding hydrogens is 755 g/mol. The molecule has 11 nitrogen and oxygen atoms in total. The van der Waals surface area contributed by atoms with Gasteiger partial charge in [-0.25, -0.2) is 0 Å². The molecule has 0 aromatic heterocycles. The van der Waals surface area contributed by atoms with Crippen molar-refractivity contribution in [2.24, 2.45) is 0 Å². The van der Waals surface area contributed by atoms with E-state index in [2.05, 4.69) is 15.0 Å². The number of hydrogen-bond acceptors (Lipinski definition) is 11. The number of phenols is 2. The number of fused-ring (bicyclic) bond motifs is 1. The van der Waals surface area contributed by atoms with E-state index in [0.717, 1.165) is 5.75 Å². The van der Waals surface area contributed by atoms with Crippen LogP contribution in [0.1, 0.15) is 6.92 Å². The van der Waals surface area contributed by atoms with Crippen molar-refractivity contribution >= 4 is 23.5 Å². The Hall–Kier alpha value is -5.11. The summed E-state index contributed by atoms with van der Waals surface area (Å²) >= 11 is 0. The van der Waals surface area contributed by atoms with E-state index in [1.54, 1.807) is 0 Å². The zero-order valence-corrected chi connectivity index (χ0v) is 32.9. The Morgan fingerprint density at radius 2 is 0.909 bits per heavy atom. The third-order valence-corrected chi connectivity index (χ3v) is 20.9. The first-order chi connectivity index (χ1) is 26.8. The second-order valence-electron chi connectivity index (χ2n) is 13.4. The van der Waals surface area contributed by atoms with Gasteiger partial charge in [-0.3, -0.25) is 0 Å². The molecule has 55 heavy (non-hydrogen) atoms. The summed E-state index contributed by atoms with van der Waals surface area (Å²) in [6, 6.07) is 51.8. The van der Waals surface area contributed by atoms with Gasteiger partial charge in [-0.1, -0.05) is 0 Å². The first kappa shape index (κ1) is 36.8. The summed E-state index contributed by atoms with van der Waals surface area (Å²) in [5.74, 6) is 2.03. The van der Waals surface area contributed by atoms with Gasteiger partial charge in [-0.05, 0) is 0 Å². The van der Waals surface area contributed by atoms with Gasteiger partial charge in [0.1, 0.15) is 0 Å². The molecule has 2 heterocycles. The van der Waals surface area contributed by atoms with Crippen LogP contribution in [0.15, 0.2) is 170 Å². The van der Waals surface area contributed by atoms with Gasteiger partial charge in [-0.2, -0.15) is 0 Å². The monoisotopic (exact) mass is 799 g/mol. The Morgan fingerprint density at radius 3 is 1.40 bits per heavy atom. The number of rotatable bonds is 13. The van der Waals surface area contributed by atoms with Crippen LogP contribution >= 0.6 is 23.5 Å². The number of hydrogen-bond donors (Lipinski definition) is 5. The number of phenolic OH excluding ortho intramolecular Hbond substituents is 2. The van der Waals surface area contributed by atoms with Gasteiger partial charge >= 0.3 is 323 Å². The summed E-state index contributed by atoms with van der Waals surface area (Å²) in [7, 11) is -11.3. The van der Waals surface area contributed by atoms with Crippen LogP contribution in [0.4, 0.5) is 0 Å². The normalized spacial score (nSPS) is 22.1. The Bertz CT molecular complexity index is 2100. The Balaban J connectivity index is 1.32. The molecule has 0 spiro atoms. The van der Waals surface area contributed by atoms with E-state index in [0.29, 0.717) is 29.6 Å². The fourth-order valence-corrected chi connectivity index (χ4v) is 20.4. The van der Waals surface area contributed by atoms with Crippen LogP contribution in [-0.4, -0.2) is 34.0 Å². The molecule has 0 amide bonds. The molecule has 2 aliphatic heterocycles. The molecule has 0 bridgehead atoms. The first-order valence-electron chi connectivity index (χ1n) is 18.0. The summed E-state index contributed by atoms with van der Waals surface area (Å²) in [4.78, 5) is 3.78. The zero-order valence-electron chi connectivity index (χ0n) is 29.9. The molecular formula is C41H44N3O8P3. The quantitative estimate of drug-likeness (QED) is 0.0717. The molecule has 2 fully saturated rings. The van der Waals surface area contributed by atoms with Crippen LogP contribution in [0.3, 0.4) is 0 Å².